The quantitative estimate of drug-likeness (QED) is 0.518. The van der Waals surface area contributed by atoms with Crippen LogP contribution in [0.3, 0.4) is 0 Å². The highest BCUT2D eigenvalue weighted by Gasteiger charge is 2.28. The Morgan fingerprint density at radius 3 is 2.27 bits per heavy atom. The van der Waals surface area contributed by atoms with Gasteiger partial charge in [0.2, 0.25) is 11.8 Å². The molecule has 1 saturated carbocycles. The third-order valence-corrected chi connectivity index (χ3v) is 6.99. The Morgan fingerprint density at radius 1 is 0.970 bits per heavy atom. The first kappa shape index (κ1) is 25.0. The standard InChI is InChI=1S/C29H40N2O2/c1-21(2)25-17-14-24(15-18-25)16-19-28(32)31(20-26-11-9-8-10-22(26)3)23(4)29(33)30-27-12-6-5-7-13-27/h8-11,14-15,17-18,21,23,27H,5-7,12-13,16,19-20H2,1-4H3,(H,30,33)/t23-/m0/s1. The first-order valence-corrected chi connectivity index (χ1v) is 12.6. The molecule has 1 aliphatic rings. The van der Waals surface area contributed by atoms with Gasteiger partial charge in [-0.05, 0) is 61.3 Å². The van der Waals surface area contributed by atoms with Crippen LogP contribution in [-0.4, -0.2) is 28.8 Å². The van der Waals surface area contributed by atoms with Gasteiger partial charge in [0.05, 0.1) is 0 Å². The average Bonchev–Trinajstić information content (AvgIpc) is 2.82. The summed E-state index contributed by atoms with van der Waals surface area (Å²) in [7, 11) is 0. The molecule has 4 heteroatoms. The molecule has 0 bridgehead atoms. The second-order valence-corrected chi connectivity index (χ2v) is 9.86. The molecular formula is C29H40N2O2. The molecule has 0 heterocycles. The number of benzene rings is 2. The van der Waals surface area contributed by atoms with E-state index in [0.29, 0.717) is 25.3 Å². The molecule has 33 heavy (non-hydrogen) atoms. The summed E-state index contributed by atoms with van der Waals surface area (Å²) in [5.41, 5.74) is 4.69. The zero-order valence-corrected chi connectivity index (χ0v) is 20.8. The number of carbonyl (C=O) groups excluding carboxylic acids is 2. The molecule has 0 unspecified atom stereocenters. The smallest absolute Gasteiger partial charge is 0.242 e. The third-order valence-electron chi connectivity index (χ3n) is 6.99. The van der Waals surface area contributed by atoms with E-state index in [1.54, 1.807) is 4.90 Å². The lowest BCUT2D eigenvalue weighted by Gasteiger charge is -2.31. The summed E-state index contributed by atoms with van der Waals surface area (Å²) < 4.78 is 0. The fourth-order valence-electron chi connectivity index (χ4n) is 4.59. The van der Waals surface area contributed by atoms with Crippen LogP contribution in [0.5, 0.6) is 0 Å². The van der Waals surface area contributed by atoms with Crippen molar-refractivity contribution in [3.63, 3.8) is 0 Å². The number of aryl methyl sites for hydroxylation is 2. The summed E-state index contributed by atoms with van der Waals surface area (Å²) in [6.07, 6.45) is 6.74. The van der Waals surface area contributed by atoms with E-state index in [1.165, 1.54) is 24.8 Å². The zero-order valence-electron chi connectivity index (χ0n) is 20.8. The second kappa shape index (κ2) is 12.0. The van der Waals surface area contributed by atoms with Crippen LogP contribution in [0.4, 0.5) is 0 Å². The van der Waals surface area contributed by atoms with E-state index in [9.17, 15) is 9.59 Å². The van der Waals surface area contributed by atoms with E-state index in [-0.39, 0.29) is 17.9 Å². The van der Waals surface area contributed by atoms with Crippen LogP contribution in [0.1, 0.15) is 87.5 Å². The summed E-state index contributed by atoms with van der Waals surface area (Å²) in [5, 5.41) is 3.21. The van der Waals surface area contributed by atoms with Gasteiger partial charge in [0.15, 0.2) is 0 Å². The lowest BCUT2D eigenvalue weighted by Crippen LogP contribution is -2.50. The third kappa shape index (κ3) is 7.18. The highest BCUT2D eigenvalue weighted by molar-refractivity contribution is 5.87. The molecule has 0 aliphatic heterocycles. The van der Waals surface area contributed by atoms with Gasteiger partial charge in [-0.15, -0.1) is 0 Å². The first-order chi connectivity index (χ1) is 15.8. The monoisotopic (exact) mass is 448 g/mol. The largest absolute Gasteiger partial charge is 0.352 e. The SMILES string of the molecule is Cc1ccccc1CN(C(=O)CCc1ccc(C(C)C)cc1)[C@@H](C)C(=O)NC1CCCCC1. The van der Waals surface area contributed by atoms with Gasteiger partial charge < -0.3 is 10.2 Å². The van der Waals surface area contributed by atoms with Gasteiger partial charge in [-0.3, -0.25) is 9.59 Å². The van der Waals surface area contributed by atoms with Crippen molar-refractivity contribution in [1.29, 1.82) is 0 Å². The topological polar surface area (TPSA) is 49.4 Å². The summed E-state index contributed by atoms with van der Waals surface area (Å²) in [5.74, 6) is 0.483. The van der Waals surface area contributed by atoms with Crippen LogP contribution in [0.15, 0.2) is 48.5 Å². The van der Waals surface area contributed by atoms with Crippen molar-refractivity contribution in [2.75, 3.05) is 0 Å². The van der Waals surface area contributed by atoms with Crippen molar-refractivity contribution in [3.05, 3.63) is 70.8 Å². The second-order valence-electron chi connectivity index (χ2n) is 9.86. The minimum atomic E-state index is -0.498. The summed E-state index contributed by atoms with van der Waals surface area (Å²) in [4.78, 5) is 28.3. The van der Waals surface area contributed by atoms with Gasteiger partial charge in [0, 0.05) is 19.0 Å². The summed E-state index contributed by atoms with van der Waals surface area (Å²) in [6, 6.07) is 16.4. The number of hydrogen-bond donors (Lipinski definition) is 1. The zero-order chi connectivity index (χ0) is 23.8. The van der Waals surface area contributed by atoms with E-state index in [1.807, 2.05) is 25.1 Å². The predicted molar refractivity (Wildman–Crippen MR) is 135 cm³/mol. The lowest BCUT2D eigenvalue weighted by molar-refractivity contribution is -0.141. The molecule has 1 aliphatic carbocycles. The van der Waals surface area contributed by atoms with E-state index < -0.39 is 6.04 Å². The van der Waals surface area contributed by atoms with Gasteiger partial charge in [0.25, 0.3) is 0 Å². The van der Waals surface area contributed by atoms with Gasteiger partial charge in [-0.1, -0.05) is 81.6 Å². The first-order valence-electron chi connectivity index (χ1n) is 12.6. The fraction of sp³-hybridized carbons (Fsp3) is 0.517. The molecule has 2 amide bonds. The van der Waals surface area contributed by atoms with Crippen molar-refractivity contribution >= 4 is 11.8 Å². The van der Waals surface area contributed by atoms with Crippen LogP contribution >= 0.6 is 0 Å². The molecule has 0 saturated heterocycles. The van der Waals surface area contributed by atoms with Gasteiger partial charge in [-0.2, -0.15) is 0 Å². The average molecular weight is 449 g/mol. The van der Waals surface area contributed by atoms with Crippen LogP contribution in [0, 0.1) is 6.92 Å². The predicted octanol–water partition coefficient (Wildman–Crippen LogP) is 5.92. The van der Waals surface area contributed by atoms with E-state index >= 15 is 0 Å². The maximum atomic E-state index is 13.4. The molecular weight excluding hydrogens is 408 g/mol. The Bertz CT molecular complexity index is 913. The minimum Gasteiger partial charge on any atom is -0.352 e. The number of amides is 2. The Hall–Kier alpha value is -2.62. The maximum absolute atomic E-state index is 13.4. The number of rotatable bonds is 9. The lowest BCUT2D eigenvalue weighted by atomic mass is 9.95. The molecule has 0 radical (unpaired) electrons. The van der Waals surface area contributed by atoms with Gasteiger partial charge in [0.1, 0.15) is 6.04 Å². The van der Waals surface area contributed by atoms with Crippen LogP contribution in [0.25, 0.3) is 0 Å². The number of carbonyl (C=O) groups is 2. The molecule has 178 valence electrons. The Balaban J connectivity index is 1.70. The number of nitrogens with zero attached hydrogens (tertiary/aromatic N) is 1. The molecule has 1 N–H and O–H groups in total. The van der Waals surface area contributed by atoms with E-state index in [2.05, 4.69) is 56.4 Å². The van der Waals surface area contributed by atoms with Crippen molar-refractivity contribution in [2.45, 2.75) is 97.2 Å². The van der Waals surface area contributed by atoms with E-state index in [4.69, 9.17) is 0 Å². The van der Waals surface area contributed by atoms with Gasteiger partial charge >= 0.3 is 0 Å². The molecule has 0 aromatic heterocycles. The molecule has 0 spiro atoms. The maximum Gasteiger partial charge on any atom is 0.242 e. The van der Waals surface area contributed by atoms with Crippen molar-refractivity contribution in [3.8, 4) is 0 Å². The molecule has 3 rings (SSSR count). The molecule has 4 nitrogen and oxygen atoms in total. The highest BCUT2D eigenvalue weighted by Crippen LogP contribution is 2.20. The molecule has 2 aromatic rings. The number of nitrogens with one attached hydrogen (secondary N) is 1. The summed E-state index contributed by atoms with van der Waals surface area (Å²) >= 11 is 0. The van der Waals surface area contributed by atoms with Gasteiger partial charge in [-0.25, -0.2) is 0 Å². The van der Waals surface area contributed by atoms with Crippen molar-refractivity contribution < 1.29 is 9.59 Å². The summed E-state index contributed by atoms with van der Waals surface area (Å²) in [6.45, 7) is 8.74. The Kier molecular flexibility index (Phi) is 9.11. The van der Waals surface area contributed by atoms with Crippen molar-refractivity contribution in [2.24, 2.45) is 0 Å². The van der Waals surface area contributed by atoms with E-state index in [0.717, 1.165) is 29.5 Å². The molecule has 1 atom stereocenters. The van der Waals surface area contributed by atoms with Crippen molar-refractivity contribution in [1.82, 2.24) is 10.2 Å². The highest BCUT2D eigenvalue weighted by atomic mass is 16.2. The number of hydrogen-bond acceptors (Lipinski definition) is 2. The van der Waals surface area contributed by atoms with Crippen LogP contribution in [0.2, 0.25) is 0 Å². The normalized spacial score (nSPS) is 15.3. The van der Waals surface area contributed by atoms with Crippen LogP contribution < -0.4 is 5.32 Å². The Morgan fingerprint density at radius 2 is 1.64 bits per heavy atom. The fourth-order valence-corrected chi connectivity index (χ4v) is 4.59. The molecule has 2 aromatic carbocycles. The minimum absolute atomic E-state index is 0.0254. The Labute approximate surface area is 199 Å². The van der Waals surface area contributed by atoms with Crippen LogP contribution in [-0.2, 0) is 22.6 Å². The molecule has 1 fully saturated rings.